The molecule has 1 amide bonds. The van der Waals surface area contributed by atoms with Gasteiger partial charge in [-0.1, -0.05) is 31.5 Å². The fourth-order valence-electron chi connectivity index (χ4n) is 4.74. The number of ether oxygens (including phenoxy) is 3. The lowest BCUT2D eigenvalue weighted by Gasteiger charge is -2.28. The summed E-state index contributed by atoms with van der Waals surface area (Å²) in [4.78, 5) is 17.5. The highest BCUT2D eigenvalue weighted by atomic mass is 16.7. The van der Waals surface area contributed by atoms with E-state index in [1.807, 2.05) is 23.1 Å². The average molecular weight is 439 g/mol. The van der Waals surface area contributed by atoms with Gasteiger partial charge < -0.3 is 19.1 Å². The number of carbonyl (C=O) groups excluding carboxylic acids is 1. The van der Waals surface area contributed by atoms with Crippen LogP contribution >= 0.6 is 0 Å². The van der Waals surface area contributed by atoms with Crippen LogP contribution in [0.2, 0.25) is 0 Å². The molecular formula is C26H34N2O4. The van der Waals surface area contributed by atoms with E-state index < -0.39 is 0 Å². The number of carbonyl (C=O) groups is 1. The van der Waals surface area contributed by atoms with E-state index in [1.165, 1.54) is 11.1 Å². The minimum atomic E-state index is 0.185. The van der Waals surface area contributed by atoms with Gasteiger partial charge in [-0.2, -0.15) is 0 Å². The Morgan fingerprint density at radius 3 is 2.56 bits per heavy atom. The largest absolute Gasteiger partial charge is 0.497 e. The maximum absolute atomic E-state index is 13.1. The van der Waals surface area contributed by atoms with Gasteiger partial charge in [0.1, 0.15) is 5.75 Å². The summed E-state index contributed by atoms with van der Waals surface area (Å²) < 4.78 is 16.4. The zero-order valence-electron chi connectivity index (χ0n) is 19.4. The van der Waals surface area contributed by atoms with Gasteiger partial charge in [-0.05, 0) is 61.1 Å². The van der Waals surface area contributed by atoms with Crippen molar-refractivity contribution in [3.8, 4) is 17.2 Å². The maximum atomic E-state index is 13.1. The van der Waals surface area contributed by atoms with E-state index in [0.717, 1.165) is 56.1 Å². The highest BCUT2D eigenvalue weighted by Crippen LogP contribution is 2.43. The number of likely N-dealkylation sites (N-methyl/N-ethyl adjacent to an activating group) is 1. The molecule has 2 atom stereocenters. The summed E-state index contributed by atoms with van der Waals surface area (Å²) in [6.45, 7) is 7.37. The molecule has 0 radical (unpaired) electrons. The topological polar surface area (TPSA) is 51.2 Å². The molecule has 0 spiro atoms. The number of methoxy groups -OCH3 is 1. The van der Waals surface area contributed by atoms with Crippen LogP contribution in [-0.4, -0.2) is 55.8 Å². The number of hydrogen-bond donors (Lipinski definition) is 0. The lowest BCUT2D eigenvalue weighted by molar-refractivity contribution is -0.132. The van der Waals surface area contributed by atoms with E-state index in [4.69, 9.17) is 14.2 Å². The van der Waals surface area contributed by atoms with Crippen LogP contribution in [0, 0.1) is 0 Å². The Kier molecular flexibility index (Phi) is 7.20. The van der Waals surface area contributed by atoms with Gasteiger partial charge in [0.25, 0.3) is 0 Å². The first-order valence-corrected chi connectivity index (χ1v) is 11.7. The molecule has 0 saturated carbocycles. The molecule has 1 fully saturated rings. The molecule has 2 aromatic rings. The molecule has 0 N–H and O–H groups in total. The minimum absolute atomic E-state index is 0.185. The number of unbranched alkanes of at least 4 members (excludes halogenated alkanes) is 1. The van der Waals surface area contributed by atoms with Crippen LogP contribution in [0.3, 0.4) is 0 Å². The zero-order chi connectivity index (χ0) is 22.5. The van der Waals surface area contributed by atoms with E-state index in [1.54, 1.807) is 7.11 Å². The summed E-state index contributed by atoms with van der Waals surface area (Å²) in [5.41, 5.74) is 2.46. The van der Waals surface area contributed by atoms with Crippen LogP contribution in [0.4, 0.5) is 0 Å². The second-order valence-corrected chi connectivity index (χ2v) is 8.59. The molecule has 0 aliphatic carbocycles. The highest BCUT2D eigenvalue weighted by molar-refractivity contribution is 5.78. The Bertz CT molecular complexity index is 915. The van der Waals surface area contributed by atoms with Gasteiger partial charge in [0.05, 0.1) is 13.7 Å². The Balaban J connectivity index is 1.55. The molecule has 2 unspecified atom stereocenters. The van der Waals surface area contributed by atoms with Crippen molar-refractivity contribution in [1.29, 1.82) is 0 Å². The Hall–Kier alpha value is -2.73. The van der Waals surface area contributed by atoms with Gasteiger partial charge in [0.2, 0.25) is 12.7 Å². The van der Waals surface area contributed by atoms with Crippen molar-refractivity contribution in [2.75, 3.05) is 40.1 Å². The van der Waals surface area contributed by atoms with Crippen molar-refractivity contribution >= 4 is 5.91 Å². The molecule has 2 aliphatic heterocycles. The van der Waals surface area contributed by atoms with E-state index >= 15 is 0 Å². The summed E-state index contributed by atoms with van der Waals surface area (Å²) in [5, 5.41) is 0. The van der Waals surface area contributed by atoms with Gasteiger partial charge in [-0.15, -0.1) is 0 Å². The molecule has 0 bridgehead atoms. The summed E-state index contributed by atoms with van der Waals surface area (Å²) in [6.07, 6.45) is 3.09. The van der Waals surface area contributed by atoms with Crippen LogP contribution in [0.5, 0.6) is 17.2 Å². The van der Waals surface area contributed by atoms with E-state index in [2.05, 4.69) is 43.0 Å². The lowest BCUT2D eigenvalue weighted by Crippen LogP contribution is -2.40. The summed E-state index contributed by atoms with van der Waals surface area (Å²) in [7, 11) is 1.68. The number of benzene rings is 2. The monoisotopic (exact) mass is 438 g/mol. The van der Waals surface area contributed by atoms with E-state index in [0.29, 0.717) is 12.5 Å². The highest BCUT2D eigenvalue weighted by Gasteiger charge is 2.36. The van der Waals surface area contributed by atoms with Crippen molar-refractivity contribution in [3.63, 3.8) is 0 Å². The third kappa shape index (κ3) is 4.85. The van der Waals surface area contributed by atoms with Gasteiger partial charge in [0, 0.05) is 25.7 Å². The van der Waals surface area contributed by atoms with Gasteiger partial charge in [0.15, 0.2) is 11.5 Å². The average Bonchev–Trinajstić information content (AvgIpc) is 3.46. The van der Waals surface area contributed by atoms with Crippen LogP contribution in [-0.2, 0) is 4.79 Å². The predicted octanol–water partition coefficient (Wildman–Crippen LogP) is 4.60. The third-order valence-corrected chi connectivity index (χ3v) is 6.63. The summed E-state index contributed by atoms with van der Waals surface area (Å²) >= 11 is 0. The summed E-state index contributed by atoms with van der Waals surface area (Å²) in [5.74, 6) is 3.01. The first-order chi connectivity index (χ1) is 15.6. The number of fused-ring (bicyclic) bond motifs is 1. The lowest BCUT2D eigenvalue weighted by atomic mass is 9.93. The first-order valence-electron chi connectivity index (χ1n) is 11.7. The second kappa shape index (κ2) is 10.3. The van der Waals surface area contributed by atoms with Crippen LogP contribution in [0.15, 0.2) is 42.5 Å². The molecular weight excluding hydrogens is 404 g/mol. The molecule has 32 heavy (non-hydrogen) atoms. The number of likely N-dealkylation sites (tertiary alicyclic amines) is 1. The molecule has 2 heterocycles. The van der Waals surface area contributed by atoms with E-state index in [9.17, 15) is 4.79 Å². The molecule has 172 valence electrons. The minimum Gasteiger partial charge on any atom is -0.497 e. The molecule has 0 aromatic heterocycles. The number of rotatable bonds is 9. The molecule has 4 rings (SSSR count). The van der Waals surface area contributed by atoms with Crippen LogP contribution in [0.1, 0.15) is 56.2 Å². The quantitative estimate of drug-likeness (QED) is 0.573. The van der Waals surface area contributed by atoms with Crippen molar-refractivity contribution < 1.29 is 19.0 Å². The number of hydrogen-bond acceptors (Lipinski definition) is 5. The van der Waals surface area contributed by atoms with Crippen molar-refractivity contribution in [2.24, 2.45) is 0 Å². The van der Waals surface area contributed by atoms with Crippen molar-refractivity contribution in [1.82, 2.24) is 9.80 Å². The fraction of sp³-hybridized carbons (Fsp3) is 0.500. The Labute approximate surface area is 191 Å². The second-order valence-electron chi connectivity index (χ2n) is 8.59. The first kappa shape index (κ1) is 22.5. The molecule has 6 nitrogen and oxygen atoms in total. The standard InChI is InChI=1S/C26H34N2O4/c1-4-6-13-27(5-2)26(29)17-28-16-21(20-9-12-24-25(15-20)32-18-31-24)14-23(28)19-7-10-22(30-3)11-8-19/h7-12,15,21,23H,4-6,13-14,16-18H2,1-3H3. The maximum Gasteiger partial charge on any atom is 0.236 e. The number of nitrogens with zero attached hydrogens (tertiary/aromatic N) is 2. The molecule has 2 aromatic carbocycles. The number of amides is 1. The molecule has 6 heteroatoms. The molecule has 1 saturated heterocycles. The molecule has 2 aliphatic rings. The fourth-order valence-corrected chi connectivity index (χ4v) is 4.74. The third-order valence-electron chi connectivity index (χ3n) is 6.63. The van der Waals surface area contributed by atoms with Crippen molar-refractivity contribution in [3.05, 3.63) is 53.6 Å². The Morgan fingerprint density at radius 1 is 1.09 bits per heavy atom. The SMILES string of the molecule is CCCCN(CC)C(=O)CN1CC(c2ccc3c(c2)OCO3)CC1c1ccc(OC)cc1. The van der Waals surface area contributed by atoms with Crippen LogP contribution in [0.25, 0.3) is 0 Å². The zero-order valence-corrected chi connectivity index (χ0v) is 19.4. The normalized spacial score (nSPS) is 19.8. The van der Waals surface area contributed by atoms with Crippen LogP contribution < -0.4 is 14.2 Å². The van der Waals surface area contributed by atoms with Crippen molar-refractivity contribution in [2.45, 2.75) is 45.1 Å². The Morgan fingerprint density at radius 2 is 1.84 bits per heavy atom. The van der Waals surface area contributed by atoms with Gasteiger partial charge >= 0.3 is 0 Å². The van der Waals surface area contributed by atoms with Gasteiger partial charge in [-0.3, -0.25) is 9.69 Å². The van der Waals surface area contributed by atoms with E-state index in [-0.39, 0.29) is 18.7 Å². The van der Waals surface area contributed by atoms with Gasteiger partial charge in [-0.25, -0.2) is 0 Å². The summed E-state index contributed by atoms with van der Waals surface area (Å²) in [6, 6.07) is 14.7. The predicted molar refractivity (Wildman–Crippen MR) is 124 cm³/mol. The smallest absolute Gasteiger partial charge is 0.236 e.